The second-order valence-corrected chi connectivity index (χ2v) is 8.29. The third-order valence-corrected chi connectivity index (χ3v) is 6.15. The minimum absolute atomic E-state index is 0.131. The van der Waals surface area contributed by atoms with Crippen molar-refractivity contribution < 1.29 is 23.1 Å². The van der Waals surface area contributed by atoms with Gasteiger partial charge < -0.3 is 10.4 Å². The molecule has 2 rings (SSSR count). The molecular formula is C16H22N2O5S. The first kappa shape index (κ1) is 18.4. The van der Waals surface area contributed by atoms with Crippen LogP contribution < -0.4 is 5.32 Å². The van der Waals surface area contributed by atoms with E-state index in [4.69, 9.17) is 0 Å². The van der Waals surface area contributed by atoms with Gasteiger partial charge in [0, 0.05) is 19.8 Å². The molecular weight excluding hydrogens is 332 g/mol. The summed E-state index contributed by atoms with van der Waals surface area (Å²) in [5.41, 5.74) is 0.451. The third-order valence-electron chi connectivity index (χ3n) is 4.32. The van der Waals surface area contributed by atoms with Crippen LogP contribution in [0.25, 0.3) is 0 Å². The molecule has 24 heavy (non-hydrogen) atoms. The summed E-state index contributed by atoms with van der Waals surface area (Å²) in [6.07, 6.45) is 2.71. The SMILES string of the molecule is CN(C)S(=O)(=O)c1ccc(NC(=O)[C@H]2CCCC[C@@H]2C(=O)O)cc1. The number of anilines is 1. The topological polar surface area (TPSA) is 104 Å². The summed E-state index contributed by atoms with van der Waals surface area (Å²) >= 11 is 0. The van der Waals surface area contributed by atoms with Gasteiger partial charge in [-0.3, -0.25) is 9.59 Å². The van der Waals surface area contributed by atoms with Crippen molar-refractivity contribution in [3.63, 3.8) is 0 Å². The van der Waals surface area contributed by atoms with Gasteiger partial charge in [-0.05, 0) is 37.1 Å². The summed E-state index contributed by atoms with van der Waals surface area (Å²) in [6.45, 7) is 0. The van der Waals surface area contributed by atoms with Gasteiger partial charge in [0.05, 0.1) is 16.7 Å². The Morgan fingerprint density at radius 2 is 1.62 bits per heavy atom. The van der Waals surface area contributed by atoms with Crippen molar-refractivity contribution in [2.75, 3.05) is 19.4 Å². The normalized spacial score (nSPS) is 21.5. The van der Waals surface area contributed by atoms with E-state index in [2.05, 4.69) is 5.32 Å². The zero-order valence-corrected chi connectivity index (χ0v) is 14.5. The van der Waals surface area contributed by atoms with Crippen LogP contribution in [0.15, 0.2) is 29.2 Å². The summed E-state index contributed by atoms with van der Waals surface area (Å²) in [5, 5.41) is 11.9. The number of carbonyl (C=O) groups is 2. The molecule has 2 N–H and O–H groups in total. The van der Waals surface area contributed by atoms with Crippen LogP contribution in [0.4, 0.5) is 5.69 Å². The summed E-state index contributed by atoms with van der Waals surface area (Å²) in [7, 11) is -0.631. The average Bonchev–Trinajstić information content (AvgIpc) is 2.55. The van der Waals surface area contributed by atoms with Crippen LogP contribution in [0.1, 0.15) is 25.7 Å². The number of carboxylic acid groups (broad SMARTS) is 1. The molecule has 1 amide bonds. The van der Waals surface area contributed by atoms with E-state index in [9.17, 15) is 23.1 Å². The Morgan fingerprint density at radius 1 is 1.08 bits per heavy atom. The number of aliphatic carboxylic acids is 1. The second kappa shape index (κ2) is 7.31. The van der Waals surface area contributed by atoms with Crippen LogP contribution >= 0.6 is 0 Å². The molecule has 0 unspecified atom stereocenters. The maximum absolute atomic E-state index is 12.4. The van der Waals surface area contributed by atoms with Gasteiger partial charge in [-0.15, -0.1) is 0 Å². The first-order chi connectivity index (χ1) is 11.2. The quantitative estimate of drug-likeness (QED) is 0.838. The Kier molecular flexibility index (Phi) is 5.61. The lowest BCUT2D eigenvalue weighted by molar-refractivity contribution is -0.147. The fraction of sp³-hybridized carbons (Fsp3) is 0.500. The van der Waals surface area contributed by atoms with E-state index in [-0.39, 0.29) is 10.8 Å². The van der Waals surface area contributed by atoms with E-state index in [1.807, 2.05) is 0 Å². The maximum Gasteiger partial charge on any atom is 0.307 e. The molecule has 1 aliphatic rings. The van der Waals surface area contributed by atoms with Crippen LogP contribution in [0, 0.1) is 11.8 Å². The lowest BCUT2D eigenvalue weighted by atomic mass is 9.78. The molecule has 0 aliphatic heterocycles. The fourth-order valence-corrected chi connectivity index (χ4v) is 3.80. The summed E-state index contributed by atoms with van der Waals surface area (Å²) in [6, 6.07) is 5.85. The van der Waals surface area contributed by atoms with Crippen molar-refractivity contribution >= 4 is 27.6 Å². The first-order valence-corrected chi connectivity index (χ1v) is 9.23. The summed E-state index contributed by atoms with van der Waals surface area (Å²) in [4.78, 5) is 23.8. The smallest absolute Gasteiger partial charge is 0.307 e. The van der Waals surface area contributed by atoms with Crippen molar-refractivity contribution in [3.05, 3.63) is 24.3 Å². The number of carbonyl (C=O) groups excluding carboxylic acids is 1. The Morgan fingerprint density at radius 3 is 2.12 bits per heavy atom. The highest BCUT2D eigenvalue weighted by molar-refractivity contribution is 7.89. The van der Waals surface area contributed by atoms with Crippen LogP contribution in [0.5, 0.6) is 0 Å². The number of sulfonamides is 1. The number of carboxylic acids is 1. The predicted octanol–water partition coefficient (Wildman–Crippen LogP) is 1.77. The standard InChI is InChI=1S/C16H22N2O5S/c1-18(2)24(22,23)12-9-7-11(8-10-12)17-15(19)13-5-3-4-6-14(13)16(20)21/h7-10,13-14H,3-6H2,1-2H3,(H,17,19)(H,20,21)/t13-,14-/m0/s1. The molecule has 0 bridgehead atoms. The minimum Gasteiger partial charge on any atom is -0.481 e. The number of amides is 1. The largest absolute Gasteiger partial charge is 0.481 e. The Labute approximate surface area is 141 Å². The lowest BCUT2D eigenvalue weighted by Gasteiger charge is -2.27. The second-order valence-electron chi connectivity index (χ2n) is 6.14. The average molecular weight is 354 g/mol. The Balaban J connectivity index is 2.11. The highest BCUT2D eigenvalue weighted by Crippen LogP contribution is 2.31. The van der Waals surface area contributed by atoms with Crippen molar-refractivity contribution in [3.8, 4) is 0 Å². The third kappa shape index (κ3) is 3.93. The van der Waals surface area contributed by atoms with Gasteiger partial charge in [-0.25, -0.2) is 12.7 Å². The van der Waals surface area contributed by atoms with Gasteiger partial charge >= 0.3 is 5.97 Å². The van der Waals surface area contributed by atoms with Gasteiger partial charge in [-0.1, -0.05) is 12.8 Å². The van der Waals surface area contributed by atoms with Crippen LogP contribution in [0.3, 0.4) is 0 Å². The van der Waals surface area contributed by atoms with Crippen LogP contribution in [0.2, 0.25) is 0 Å². The highest BCUT2D eigenvalue weighted by atomic mass is 32.2. The monoisotopic (exact) mass is 354 g/mol. The minimum atomic E-state index is -3.52. The van der Waals surface area contributed by atoms with E-state index in [1.165, 1.54) is 38.4 Å². The predicted molar refractivity (Wildman–Crippen MR) is 89.0 cm³/mol. The van der Waals surface area contributed by atoms with E-state index in [0.717, 1.165) is 17.1 Å². The molecule has 1 aromatic carbocycles. The van der Waals surface area contributed by atoms with Gasteiger partial charge in [0.25, 0.3) is 0 Å². The molecule has 8 heteroatoms. The maximum atomic E-state index is 12.4. The van der Waals surface area contributed by atoms with Gasteiger partial charge in [-0.2, -0.15) is 0 Å². The fourth-order valence-electron chi connectivity index (χ4n) is 2.90. The molecule has 1 saturated carbocycles. The van der Waals surface area contributed by atoms with E-state index in [0.29, 0.717) is 18.5 Å². The Hall–Kier alpha value is -1.93. The number of hydrogen-bond donors (Lipinski definition) is 2. The van der Waals surface area contributed by atoms with Crippen molar-refractivity contribution in [2.24, 2.45) is 11.8 Å². The molecule has 0 saturated heterocycles. The number of nitrogens with zero attached hydrogens (tertiary/aromatic N) is 1. The summed E-state index contributed by atoms with van der Waals surface area (Å²) < 4.78 is 25.1. The zero-order valence-electron chi connectivity index (χ0n) is 13.7. The van der Waals surface area contributed by atoms with Crippen molar-refractivity contribution in [2.45, 2.75) is 30.6 Å². The Bertz CT molecular complexity index is 712. The lowest BCUT2D eigenvalue weighted by Crippen LogP contribution is -2.36. The van der Waals surface area contributed by atoms with E-state index < -0.39 is 27.8 Å². The van der Waals surface area contributed by atoms with Gasteiger partial charge in [0.15, 0.2) is 0 Å². The number of benzene rings is 1. The zero-order chi connectivity index (χ0) is 17.9. The molecule has 132 valence electrons. The number of nitrogens with one attached hydrogen (secondary N) is 1. The molecule has 0 aromatic heterocycles. The van der Waals surface area contributed by atoms with Crippen molar-refractivity contribution in [1.29, 1.82) is 0 Å². The molecule has 1 aromatic rings. The molecule has 0 spiro atoms. The van der Waals surface area contributed by atoms with E-state index in [1.54, 1.807) is 0 Å². The van der Waals surface area contributed by atoms with Gasteiger partial charge in [0.2, 0.25) is 15.9 Å². The summed E-state index contributed by atoms with van der Waals surface area (Å²) in [5.74, 6) is -2.49. The molecule has 7 nitrogen and oxygen atoms in total. The van der Waals surface area contributed by atoms with E-state index >= 15 is 0 Å². The molecule has 0 radical (unpaired) electrons. The molecule has 1 fully saturated rings. The van der Waals surface area contributed by atoms with Crippen LogP contribution in [-0.4, -0.2) is 43.8 Å². The van der Waals surface area contributed by atoms with Crippen LogP contribution in [-0.2, 0) is 19.6 Å². The van der Waals surface area contributed by atoms with Gasteiger partial charge in [0.1, 0.15) is 0 Å². The molecule has 0 heterocycles. The molecule has 1 aliphatic carbocycles. The first-order valence-electron chi connectivity index (χ1n) is 7.79. The van der Waals surface area contributed by atoms with Crippen molar-refractivity contribution in [1.82, 2.24) is 4.31 Å². The highest BCUT2D eigenvalue weighted by Gasteiger charge is 2.35. The number of hydrogen-bond acceptors (Lipinski definition) is 4. The number of rotatable bonds is 5. The molecule has 2 atom stereocenters.